The molecule has 0 aromatic heterocycles. The first-order valence-corrected chi connectivity index (χ1v) is 8.20. The molecule has 0 atom stereocenters. The molecule has 2 aromatic rings. The summed E-state index contributed by atoms with van der Waals surface area (Å²) in [5.41, 5.74) is 0.576. The number of carbonyl (C=O) groups is 1. The van der Waals surface area contributed by atoms with Crippen LogP contribution in [0.25, 0.3) is 10.8 Å². The Labute approximate surface area is 139 Å². The van der Waals surface area contributed by atoms with Gasteiger partial charge in [0.05, 0.1) is 10.0 Å². The fourth-order valence-corrected chi connectivity index (χ4v) is 3.66. The van der Waals surface area contributed by atoms with Gasteiger partial charge >= 0.3 is 5.97 Å². The van der Waals surface area contributed by atoms with Gasteiger partial charge in [-0.3, -0.25) is 0 Å². The average molecular weight is 408 g/mol. The number of benzene rings is 2. The first-order valence-electron chi connectivity index (χ1n) is 6.61. The number of hydrogen-bond acceptors (Lipinski definition) is 2. The minimum absolute atomic E-state index is 0.342. The summed E-state index contributed by atoms with van der Waals surface area (Å²) >= 11 is 6.92. The Kier molecular flexibility index (Phi) is 4.27. The molecule has 0 unspecified atom stereocenters. The highest BCUT2D eigenvalue weighted by Crippen LogP contribution is 2.34. The lowest BCUT2D eigenvalue weighted by Crippen LogP contribution is -2.08. The summed E-state index contributed by atoms with van der Waals surface area (Å²) in [5.74, 6) is 0.227. The molecule has 1 aliphatic carbocycles. The Balaban J connectivity index is 1.97. The maximum Gasteiger partial charge on any atom is 0.344 e. The van der Waals surface area contributed by atoms with Crippen LogP contribution >= 0.6 is 31.9 Å². The second-order valence-electron chi connectivity index (χ2n) is 4.74. The predicted molar refractivity (Wildman–Crippen MR) is 91.6 cm³/mol. The molecule has 0 fully saturated rings. The first-order chi connectivity index (χ1) is 10.2. The third kappa shape index (κ3) is 2.97. The van der Waals surface area contributed by atoms with Crippen molar-refractivity contribution in [3.63, 3.8) is 0 Å². The summed E-state index contributed by atoms with van der Waals surface area (Å²) in [6, 6.07) is 13.4. The molecule has 4 heteroatoms. The highest BCUT2D eigenvalue weighted by atomic mass is 79.9. The van der Waals surface area contributed by atoms with E-state index in [-0.39, 0.29) is 5.97 Å². The third-order valence-electron chi connectivity index (χ3n) is 3.35. The molecule has 0 aliphatic heterocycles. The number of carbonyl (C=O) groups excluding carboxylic acids is 1. The Morgan fingerprint density at radius 2 is 1.81 bits per heavy atom. The van der Waals surface area contributed by atoms with Crippen molar-refractivity contribution in [3.05, 3.63) is 68.8 Å². The molecule has 0 heterocycles. The van der Waals surface area contributed by atoms with Crippen LogP contribution in [-0.2, 0) is 4.74 Å². The van der Waals surface area contributed by atoms with Crippen molar-refractivity contribution in [1.82, 2.24) is 0 Å². The quantitative estimate of drug-likeness (QED) is 0.599. The highest BCUT2D eigenvalue weighted by Gasteiger charge is 2.19. The number of hydrogen-bond donors (Lipinski definition) is 0. The number of allylic oxidation sites excluding steroid dienone is 3. The number of rotatable bonds is 2. The van der Waals surface area contributed by atoms with E-state index in [1.807, 2.05) is 42.5 Å². The fourth-order valence-electron chi connectivity index (χ4n) is 2.32. The Morgan fingerprint density at radius 1 is 1.05 bits per heavy atom. The van der Waals surface area contributed by atoms with Crippen LogP contribution in [0.5, 0.6) is 0 Å². The molecule has 0 saturated heterocycles. The number of ether oxygens (including phenoxy) is 1. The number of halogens is 2. The lowest BCUT2D eigenvalue weighted by Gasteiger charge is -2.15. The van der Waals surface area contributed by atoms with Crippen LogP contribution in [0.15, 0.2) is 63.3 Å². The van der Waals surface area contributed by atoms with Crippen LogP contribution in [0.3, 0.4) is 0 Å². The normalized spacial score (nSPS) is 15.0. The largest absolute Gasteiger partial charge is 0.421 e. The van der Waals surface area contributed by atoms with Gasteiger partial charge in [0.25, 0.3) is 0 Å². The minimum Gasteiger partial charge on any atom is -0.421 e. The zero-order valence-electron chi connectivity index (χ0n) is 11.1. The van der Waals surface area contributed by atoms with Crippen molar-refractivity contribution in [1.29, 1.82) is 0 Å². The average Bonchev–Trinajstić information content (AvgIpc) is 2.50. The van der Waals surface area contributed by atoms with E-state index in [4.69, 9.17) is 4.74 Å². The molecule has 106 valence electrons. The van der Waals surface area contributed by atoms with Crippen LogP contribution in [-0.4, -0.2) is 5.97 Å². The second-order valence-corrected chi connectivity index (χ2v) is 6.55. The van der Waals surface area contributed by atoms with Gasteiger partial charge in [-0.25, -0.2) is 4.79 Å². The molecule has 0 amide bonds. The van der Waals surface area contributed by atoms with E-state index < -0.39 is 0 Å². The van der Waals surface area contributed by atoms with Crippen molar-refractivity contribution < 1.29 is 9.53 Å². The van der Waals surface area contributed by atoms with Crippen LogP contribution in [0, 0.1) is 0 Å². The van der Waals surface area contributed by atoms with E-state index in [0.717, 1.165) is 32.6 Å². The van der Waals surface area contributed by atoms with Gasteiger partial charge < -0.3 is 4.74 Å². The molecule has 0 saturated carbocycles. The summed E-state index contributed by atoms with van der Waals surface area (Å²) in [5, 5.41) is 1.93. The standard InChI is InChI=1S/C17H12Br2O2/c18-14-9-4-10-15(19)16(14)21-17(20)13-8-3-6-11-5-1-2-7-12(11)13/h1-3,5-9H,4,10H2. The summed E-state index contributed by atoms with van der Waals surface area (Å²) in [7, 11) is 0. The van der Waals surface area contributed by atoms with Gasteiger partial charge in [-0.1, -0.05) is 58.4 Å². The summed E-state index contributed by atoms with van der Waals surface area (Å²) in [4.78, 5) is 12.5. The fraction of sp³-hybridized carbons (Fsp3) is 0.118. The minimum atomic E-state index is -0.342. The zero-order valence-corrected chi connectivity index (χ0v) is 14.3. The van der Waals surface area contributed by atoms with Crippen molar-refractivity contribution in [2.45, 2.75) is 12.8 Å². The molecule has 21 heavy (non-hydrogen) atoms. The Hall–Kier alpha value is -1.39. The lowest BCUT2D eigenvalue weighted by molar-refractivity contribution is 0.0635. The maximum absolute atomic E-state index is 12.5. The zero-order chi connectivity index (χ0) is 14.8. The number of esters is 1. The second kappa shape index (κ2) is 6.16. The highest BCUT2D eigenvalue weighted by molar-refractivity contribution is 9.12. The van der Waals surface area contributed by atoms with Crippen LogP contribution in [0.4, 0.5) is 0 Å². The summed E-state index contributed by atoms with van der Waals surface area (Å²) in [6.45, 7) is 0. The van der Waals surface area contributed by atoms with Crippen molar-refractivity contribution in [3.8, 4) is 0 Å². The molecule has 3 rings (SSSR count). The van der Waals surface area contributed by atoms with E-state index in [1.54, 1.807) is 6.07 Å². The molecule has 0 spiro atoms. The Morgan fingerprint density at radius 3 is 2.62 bits per heavy atom. The molecule has 0 radical (unpaired) electrons. The molecular formula is C17H12Br2O2. The first kappa shape index (κ1) is 14.5. The molecule has 0 N–H and O–H groups in total. The van der Waals surface area contributed by atoms with Crippen molar-refractivity contribution in [2.75, 3.05) is 0 Å². The molecule has 1 aliphatic rings. The maximum atomic E-state index is 12.5. The van der Waals surface area contributed by atoms with Gasteiger partial charge in [-0.15, -0.1) is 0 Å². The molecule has 2 nitrogen and oxygen atoms in total. The van der Waals surface area contributed by atoms with Gasteiger partial charge in [-0.05, 0) is 45.6 Å². The van der Waals surface area contributed by atoms with E-state index >= 15 is 0 Å². The van der Waals surface area contributed by atoms with Crippen LogP contribution in [0.2, 0.25) is 0 Å². The van der Waals surface area contributed by atoms with E-state index in [0.29, 0.717) is 11.3 Å². The third-order valence-corrected chi connectivity index (χ3v) is 4.80. The van der Waals surface area contributed by atoms with Gasteiger partial charge in [-0.2, -0.15) is 0 Å². The van der Waals surface area contributed by atoms with Crippen molar-refractivity contribution in [2.24, 2.45) is 0 Å². The predicted octanol–water partition coefficient (Wildman–Crippen LogP) is 5.68. The summed E-state index contributed by atoms with van der Waals surface area (Å²) in [6.07, 6.45) is 3.78. The van der Waals surface area contributed by atoms with E-state index in [2.05, 4.69) is 31.9 Å². The summed E-state index contributed by atoms with van der Waals surface area (Å²) < 4.78 is 7.31. The van der Waals surface area contributed by atoms with Crippen molar-refractivity contribution >= 4 is 48.6 Å². The van der Waals surface area contributed by atoms with Gasteiger partial charge in [0, 0.05) is 4.48 Å². The lowest BCUT2D eigenvalue weighted by atomic mass is 10.0. The topological polar surface area (TPSA) is 26.3 Å². The van der Waals surface area contributed by atoms with Crippen LogP contribution in [0.1, 0.15) is 23.2 Å². The van der Waals surface area contributed by atoms with Gasteiger partial charge in [0.2, 0.25) is 0 Å². The van der Waals surface area contributed by atoms with Gasteiger partial charge in [0.15, 0.2) is 5.76 Å². The van der Waals surface area contributed by atoms with E-state index in [1.165, 1.54) is 0 Å². The monoisotopic (exact) mass is 406 g/mol. The Bertz CT molecular complexity index is 770. The molecular weight excluding hydrogens is 396 g/mol. The molecule has 2 aromatic carbocycles. The van der Waals surface area contributed by atoms with Crippen LogP contribution < -0.4 is 0 Å². The van der Waals surface area contributed by atoms with E-state index in [9.17, 15) is 4.79 Å². The molecule has 0 bridgehead atoms. The van der Waals surface area contributed by atoms with Gasteiger partial charge in [0.1, 0.15) is 0 Å². The SMILES string of the molecule is O=C(OC1=C(Br)CCC=C1Br)c1cccc2ccccc12. The smallest absolute Gasteiger partial charge is 0.344 e. The number of fused-ring (bicyclic) bond motifs is 1.